The van der Waals surface area contributed by atoms with Gasteiger partial charge in [0.2, 0.25) is 5.91 Å². The second-order valence-corrected chi connectivity index (χ2v) is 12.1. The summed E-state index contributed by atoms with van der Waals surface area (Å²) in [7, 11) is 2.06. The van der Waals surface area contributed by atoms with Crippen molar-refractivity contribution in [1.29, 1.82) is 0 Å². The van der Waals surface area contributed by atoms with Gasteiger partial charge in [0.25, 0.3) is 0 Å². The minimum atomic E-state index is -0.434. The van der Waals surface area contributed by atoms with Crippen LogP contribution in [0.1, 0.15) is 84.5 Å². The second-order valence-electron chi connectivity index (χ2n) is 12.1. The van der Waals surface area contributed by atoms with Gasteiger partial charge in [-0.2, -0.15) is 0 Å². The monoisotopic (exact) mass is 417 g/mol. The van der Waals surface area contributed by atoms with Crippen LogP contribution in [0, 0.1) is 40.9 Å². The van der Waals surface area contributed by atoms with Crippen molar-refractivity contribution in [3.63, 3.8) is 0 Å². The van der Waals surface area contributed by atoms with Gasteiger partial charge in [0.15, 0.2) is 0 Å². The average molecular weight is 418 g/mol. The third-order valence-electron chi connectivity index (χ3n) is 10.6. The lowest BCUT2D eigenvalue weighted by molar-refractivity contribution is -0.146. The normalized spacial score (nSPS) is 49.1. The van der Waals surface area contributed by atoms with Gasteiger partial charge in [-0.15, -0.1) is 0 Å². The predicted octanol–water partition coefficient (Wildman–Crippen LogP) is 4.64. The summed E-state index contributed by atoms with van der Waals surface area (Å²) in [6.45, 7) is 6.12. The van der Waals surface area contributed by atoms with Gasteiger partial charge in [0, 0.05) is 32.2 Å². The van der Waals surface area contributed by atoms with Crippen LogP contribution < -0.4 is 0 Å². The number of fused-ring (bicyclic) bond motifs is 5. The molecule has 1 N–H and O–H groups in total. The molecule has 8 atom stereocenters. The molecule has 1 amide bonds. The second kappa shape index (κ2) is 7.76. The van der Waals surface area contributed by atoms with Gasteiger partial charge in [-0.05, 0) is 113 Å². The summed E-state index contributed by atoms with van der Waals surface area (Å²) in [5, 5.41) is 10.6. The summed E-state index contributed by atoms with van der Waals surface area (Å²) in [6.07, 6.45) is 12.7. The van der Waals surface area contributed by atoms with Crippen molar-refractivity contribution < 1.29 is 14.6 Å². The zero-order valence-corrected chi connectivity index (χ0v) is 19.4. The highest BCUT2D eigenvalue weighted by Crippen LogP contribution is 2.64. The van der Waals surface area contributed by atoms with Crippen molar-refractivity contribution in [2.45, 2.75) is 96.1 Å². The lowest BCUT2D eigenvalue weighted by Gasteiger charge is -2.57. The molecule has 0 bridgehead atoms. The smallest absolute Gasteiger partial charge is 0.226 e. The first-order chi connectivity index (χ1) is 14.3. The highest BCUT2D eigenvalue weighted by atomic mass is 16.5. The highest BCUT2D eigenvalue weighted by molar-refractivity contribution is 5.80. The third kappa shape index (κ3) is 3.45. The standard InChI is InChI=1S/C26H43NO3/c1-25(29)12-8-19-17(16-25)4-5-21-20(19)9-13-26(2)22(21)6-7-23(26)24(28)27(3)18-10-14-30-15-11-18/h17-23,29H,4-16H2,1-3H3/t17-,19+,20-,21-,22+,23-,25-,26+/m1/s1. The number of rotatable bonds is 2. The van der Waals surface area contributed by atoms with E-state index >= 15 is 0 Å². The summed E-state index contributed by atoms with van der Waals surface area (Å²) < 4.78 is 5.52. The Kier molecular flexibility index (Phi) is 5.50. The molecule has 0 unspecified atom stereocenters. The summed E-state index contributed by atoms with van der Waals surface area (Å²) in [5.41, 5.74) is -0.235. The fourth-order valence-corrected chi connectivity index (χ4v) is 8.99. The molecule has 30 heavy (non-hydrogen) atoms. The van der Waals surface area contributed by atoms with Gasteiger partial charge in [-0.25, -0.2) is 0 Å². The maximum absolute atomic E-state index is 13.6. The Morgan fingerprint density at radius 3 is 2.40 bits per heavy atom. The largest absolute Gasteiger partial charge is 0.390 e. The number of hydrogen-bond donors (Lipinski definition) is 1. The quantitative estimate of drug-likeness (QED) is 0.712. The van der Waals surface area contributed by atoms with Gasteiger partial charge in [-0.3, -0.25) is 4.79 Å². The molecule has 170 valence electrons. The first-order valence-corrected chi connectivity index (χ1v) is 12.9. The summed E-state index contributed by atoms with van der Waals surface area (Å²) in [5.74, 6) is 4.61. The number of ether oxygens (including phenoxy) is 1. The van der Waals surface area contributed by atoms with Crippen LogP contribution in [0.5, 0.6) is 0 Å². The van der Waals surface area contributed by atoms with Crippen LogP contribution >= 0.6 is 0 Å². The minimum absolute atomic E-state index is 0.199. The molecule has 1 saturated heterocycles. The van der Waals surface area contributed by atoms with E-state index in [2.05, 4.69) is 25.8 Å². The Labute approximate surface area is 183 Å². The fourth-order valence-electron chi connectivity index (χ4n) is 8.99. The van der Waals surface area contributed by atoms with Crippen LogP contribution in [0.2, 0.25) is 0 Å². The van der Waals surface area contributed by atoms with Crippen molar-refractivity contribution in [3.05, 3.63) is 0 Å². The van der Waals surface area contributed by atoms with Gasteiger partial charge in [0.05, 0.1) is 5.60 Å². The summed E-state index contributed by atoms with van der Waals surface area (Å²) in [6, 6.07) is 0.371. The Morgan fingerprint density at radius 2 is 1.63 bits per heavy atom. The minimum Gasteiger partial charge on any atom is -0.390 e. The van der Waals surface area contributed by atoms with E-state index in [4.69, 9.17) is 4.74 Å². The fraction of sp³-hybridized carbons (Fsp3) is 0.962. The lowest BCUT2D eigenvalue weighted by atomic mass is 9.49. The van der Waals surface area contributed by atoms with Crippen molar-refractivity contribution in [2.24, 2.45) is 40.9 Å². The first-order valence-electron chi connectivity index (χ1n) is 12.9. The van der Waals surface area contributed by atoms with Gasteiger partial charge < -0.3 is 14.7 Å². The van der Waals surface area contributed by atoms with Crippen molar-refractivity contribution in [1.82, 2.24) is 4.90 Å². The Bertz CT molecular complexity index is 657. The SMILES string of the molecule is CN(C(=O)[C@H]1CC[C@H]2[C@@H]3CC[C@@H]4C[C@](C)(O)CC[C@@H]4[C@H]3CC[C@]12C)C1CCOCC1. The highest BCUT2D eigenvalue weighted by Gasteiger charge is 2.59. The molecule has 4 aliphatic carbocycles. The van der Waals surface area contributed by atoms with E-state index < -0.39 is 5.60 Å². The lowest BCUT2D eigenvalue weighted by Crippen LogP contribution is -2.52. The Hall–Kier alpha value is -0.610. The van der Waals surface area contributed by atoms with E-state index in [1.165, 1.54) is 38.5 Å². The molecule has 0 aromatic carbocycles. The molecule has 0 aromatic rings. The molecule has 0 aromatic heterocycles. The zero-order chi connectivity index (χ0) is 21.1. The molecule has 4 nitrogen and oxygen atoms in total. The zero-order valence-electron chi connectivity index (χ0n) is 19.4. The molecule has 0 spiro atoms. The van der Waals surface area contributed by atoms with E-state index in [1.54, 1.807) is 0 Å². The maximum atomic E-state index is 13.6. The number of carbonyl (C=O) groups is 1. The van der Waals surface area contributed by atoms with Crippen LogP contribution in [0.4, 0.5) is 0 Å². The topological polar surface area (TPSA) is 49.8 Å². The van der Waals surface area contributed by atoms with Gasteiger partial charge in [0.1, 0.15) is 0 Å². The number of aliphatic hydroxyl groups is 1. The summed E-state index contributed by atoms with van der Waals surface area (Å²) >= 11 is 0. The molecule has 1 heterocycles. The van der Waals surface area contributed by atoms with Gasteiger partial charge in [-0.1, -0.05) is 6.92 Å². The van der Waals surface area contributed by atoms with Crippen LogP contribution in [-0.4, -0.2) is 47.8 Å². The number of amides is 1. The molecule has 5 aliphatic rings. The first kappa shape index (κ1) is 21.2. The Balaban J connectivity index is 1.30. The molecular formula is C26H43NO3. The number of hydrogen-bond acceptors (Lipinski definition) is 3. The van der Waals surface area contributed by atoms with E-state index in [-0.39, 0.29) is 11.3 Å². The van der Waals surface area contributed by atoms with Crippen LogP contribution in [0.15, 0.2) is 0 Å². The van der Waals surface area contributed by atoms with Crippen LogP contribution in [0.25, 0.3) is 0 Å². The Morgan fingerprint density at radius 1 is 0.900 bits per heavy atom. The van der Waals surface area contributed by atoms with E-state index in [0.717, 1.165) is 74.9 Å². The maximum Gasteiger partial charge on any atom is 0.226 e. The molecule has 5 rings (SSSR count). The van der Waals surface area contributed by atoms with Crippen LogP contribution in [0.3, 0.4) is 0 Å². The van der Waals surface area contributed by atoms with E-state index in [0.29, 0.717) is 11.9 Å². The average Bonchev–Trinajstić information content (AvgIpc) is 3.09. The number of nitrogens with zero attached hydrogens (tertiary/aromatic N) is 1. The van der Waals surface area contributed by atoms with E-state index in [1.807, 2.05) is 0 Å². The van der Waals surface area contributed by atoms with Crippen LogP contribution in [-0.2, 0) is 9.53 Å². The molecule has 1 aliphatic heterocycles. The van der Waals surface area contributed by atoms with Gasteiger partial charge >= 0.3 is 0 Å². The molecular weight excluding hydrogens is 374 g/mol. The summed E-state index contributed by atoms with van der Waals surface area (Å²) in [4.78, 5) is 15.7. The predicted molar refractivity (Wildman–Crippen MR) is 118 cm³/mol. The number of carbonyl (C=O) groups excluding carboxylic acids is 1. The van der Waals surface area contributed by atoms with Crippen molar-refractivity contribution in [3.8, 4) is 0 Å². The molecule has 4 saturated carbocycles. The third-order valence-corrected chi connectivity index (χ3v) is 10.6. The van der Waals surface area contributed by atoms with Crippen molar-refractivity contribution in [2.75, 3.05) is 20.3 Å². The molecule has 5 fully saturated rings. The molecule has 0 radical (unpaired) electrons. The molecule has 4 heteroatoms. The van der Waals surface area contributed by atoms with E-state index in [9.17, 15) is 9.90 Å². The van der Waals surface area contributed by atoms with Crippen molar-refractivity contribution >= 4 is 5.91 Å².